The van der Waals surface area contributed by atoms with E-state index in [1.165, 1.54) is 0 Å². The van der Waals surface area contributed by atoms with Gasteiger partial charge >= 0.3 is 0 Å². The Morgan fingerprint density at radius 1 is 0.808 bits per heavy atom. The van der Waals surface area contributed by atoms with Gasteiger partial charge < -0.3 is 10.6 Å². The highest BCUT2D eigenvalue weighted by Gasteiger charge is 2.11. The summed E-state index contributed by atoms with van der Waals surface area (Å²) in [5.74, 6) is -0.379. The van der Waals surface area contributed by atoms with Crippen molar-refractivity contribution >= 4 is 17.5 Å². The van der Waals surface area contributed by atoms with Gasteiger partial charge in [0, 0.05) is 29.2 Å². The van der Waals surface area contributed by atoms with E-state index in [0.29, 0.717) is 16.8 Å². The Balaban J connectivity index is 1.62. The monoisotopic (exact) mass is 345 g/mol. The smallest absolute Gasteiger partial charge is 0.255 e. The lowest BCUT2D eigenvalue weighted by atomic mass is 10.1. The first-order chi connectivity index (χ1) is 12.6. The number of hydrogen-bond donors (Lipinski definition) is 2. The molecular formula is C21H19N3O2. The molecule has 3 rings (SSSR count). The van der Waals surface area contributed by atoms with E-state index in [0.717, 1.165) is 5.56 Å². The summed E-state index contributed by atoms with van der Waals surface area (Å²) >= 11 is 0. The zero-order valence-electron chi connectivity index (χ0n) is 14.3. The van der Waals surface area contributed by atoms with E-state index in [-0.39, 0.29) is 17.9 Å². The second kappa shape index (κ2) is 8.07. The van der Waals surface area contributed by atoms with Gasteiger partial charge in [-0.15, -0.1) is 0 Å². The van der Waals surface area contributed by atoms with Crippen LogP contribution in [-0.2, 0) is 0 Å². The minimum absolute atomic E-state index is 0.0882. The molecule has 5 heteroatoms. The van der Waals surface area contributed by atoms with Crippen molar-refractivity contribution in [2.24, 2.45) is 0 Å². The van der Waals surface area contributed by atoms with Crippen molar-refractivity contribution in [1.82, 2.24) is 10.3 Å². The molecule has 0 bridgehead atoms. The normalized spacial score (nSPS) is 11.4. The quantitative estimate of drug-likeness (QED) is 0.738. The van der Waals surface area contributed by atoms with Gasteiger partial charge in [0.25, 0.3) is 11.8 Å². The Bertz CT molecular complexity index is 878. The molecule has 0 saturated carbocycles. The van der Waals surface area contributed by atoms with Crippen LogP contribution in [0.25, 0.3) is 0 Å². The predicted octanol–water partition coefficient (Wildman–Crippen LogP) is 3.82. The summed E-state index contributed by atoms with van der Waals surface area (Å²) in [6.45, 7) is 1.94. The molecule has 0 saturated heterocycles. The molecule has 26 heavy (non-hydrogen) atoms. The zero-order valence-corrected chi connectivity index (χ0v) is 14.3. The molecule has 0 fully saturated rings. The van der Waals surface area contributed by atoms with Crippen LogP contribution in [0.1, 0.15) is 39.2 Å². The molecule has 0 unspecified atom stereocenters. The van der Waals surface area contributed by atoms with E-state index in [9.17, 15) is 9.59 Å². The predicted molar refractivity (Wildman–Crippen MR) is 101 cm³/mol. The fourth-order valence-corrected chi connectivity index (χ4v) is 2.52. The molecule has 2 aromatic carbocycles. The molecule has 0 aliphatic heterocycles. The maximum absolute atomic E-state index is 12.4. The van der Waals surface area contributed by atoms with E-state index in [1.807, 2.05) is 37.3 Å². The van der Waals surface area contributed by atoms with E-state index < -0.39 is 0 Å². The molecule has 1 aromatic heterocycles. The van der Waals surface area contributed by atoms with Crippen LogP contribution in [0.4, 0.5) is 5.69 Å². The van der Waals surface area contributed by atoms with Gasteiger partial charge in [0.2, 0.25) is 0 Å². The molecule has 3 aromatic rings. The second-order valence-electron chi connectivity index (χ2n) is 5.87. The van der Waals surface area contributed by atoms with Crippen LogP contribution in [0.2, 0.25) is 0 Å². The number of amides is 2. The molecule has 0 spiro atoms. The fourth-order valence-electron chi connectivity index (χ4n) is 2.52. The molecular weight excluding hydrogens is 326 g/mol. The maximum atomic E-state index is 12.4. The van der Waals surface area contributed by atoms with Crippen LogP contribution >= 0.6 is 0 Å². The van der Waals surface area contributed by atoms with Crippen molar-refractivity contribution in [2.45, 2.75) is 13.0 Å². The number of aromatic nitrogens is 1. The summed E-state index contributed by atoms with van der Waals surface area (Å²) in [5.41, 5.74) is 2.73. The first-order valence-corrected chi connectivity index (χ1v) is 8.31. The number of anilines is 1. The summed E-state index contributed by atoms with van der Waals surface area (Å²) in [6.07, 6.45) is 3.13. The molecule has 2 amide bonds. The van der Waals surface area contributed by atoms with Crippen molar-refractivity contribution in [3.63, 3.8) is 0 Å². The van der Waals surface area contributed by atoms with Gasteiger partial charge in [0.05, 0.1) is 6.04 Å². The number of hydrogen-bond acceptors (Lipinski definition) is 3. The van der Waals surface area contributed by atoms with E-state index in [2.05, 4.69) is 15.6 Å². The molecule has 0 aliphatic rings. The molecule has 1 heterocycles. The summed E-state index contributed by atoms with van der Waals surface area (Å²) in [7, 11) is 0. The van der Waals surface area contributed by atoms with E-state index in [4.69, 9.17) is 0 Å². The van der Waals surface area contributed by atoms with Crippen molar-refractivity contribution < 1.29 is 9.59 Å². The molecule has 130 valence electrons. The third kappa shape index (κ3) is 4.33. The first-order valence-electron chi connectivity index (χ1n) is 8.31. The fraction of sp³-hybridized carbons (Fsp3) is 0.0952. The minimum atomic E-state index is -0.220. The number of pyridine rings is 1. The van der Waals surface area contributed by atoms with Crippen LogP contribution in [0, 0.1) is 0 Å². The SMILES string of the molecule is C[C@@H](NC(=O)c1ccc(NC(=O)c2ccncc2)cc1)c1ccccc1. The average molecular weight is 345 g/mol. The number of carbonyl (C=O) groups excluding carboxylic acids is 2. The van der Waals surface area contributed by atoms with Crippen LogP contribution in [-0.4, -0.2) is 16.8 Å². The van der Waals surface area contributed by atoms with Crippen molar-refractivity contribution in [3.8, 4) is 0 Å². The van der Waals surface area contributed by atoms with Gasteiger partial charge in [-0.2, -0.15) is 0 Å². The summed E-state index contributed by atoms with van der Waals surface area (Å²) in [6, 6.07) is 19.8. The zero-order chi connectivity index (χ0) is 18.4. The highest BCUT2D eigenvalue weighted by Crippen LogP contribution is 2.14. The lowest BCUT2D eigenvalue weighted by Crippen LogP contribution is -2.26. The highest BCUT2D eigenvalue weighted by molar-refractivity contribution is 6.04. The van der Waals surface area contributed by atoms with Gasteiger partial charge in [0.15, 0.2) is 0 Å². The van der Waals surface area contributed by atoms with Crippen molar-refractivity contribution in [3.05, 3.63) is 95.8 Å². The average Bonchev–Trinajstić information content (AvgIpc) is 2.69. The van der Waals surface area contributed by atoms with Crippen LogP contribution in [0.3, 0.4) is 0 Å². The van der Waals surface area contributed by atoms with Gasteiger partial charge in [-0.05, 0) is 48.9 Å². The molecule has 0 aliphatic carbocycles. The number of rotatable bonds is 5. The molecule has 1 atom stereocenters. The Hall–Kier alpha value is -3.47. The summed E-state index contributed by atoms with van der Waals surface area (Å²) in [4.78, 5) is 28.4. The van der Waals surface area contributed by atoms with Crippen LogP contribution < -0.4 is 10.6 Å². The standard InChI is InChI=1S/C21H19N3O2/c1-15(16-5-3-2-4-6-16)23-20(25)17-7-9-19(10-8-17)24-21(26)18-11-13-22-14-12-18/h2-15H,1H3,(H,23,25)(H,24,26)/t15-/m1/s1. The van der Waals surface area contributed by atoms with Gasteiger partial charge in [-0.25, -0.2) is 0 Å². The lowest BCUT2D eigenvalue weighted by molar-refractivity contribution is 0.0939. The molecule has 0 radical (unpaired) electrons. The van der Waals surface area contributed by atoms with Gasteiger partial charge in [0.1, 0.15) is 0 Å². The van der Waals surface area contributed by atoms with E-state index >= 15 is 0 Å². The third-order valence-corrected chi connectivity index (χ3v) is 3.99. The molecule has 5 nitrogen and oxygen atoms in total. The number of benzene rings is 2. The number of carbonyl (C=O) groups is 2. The van der Waals surface area contributed by atoms with E-state index in [1.54, 1.807) is 48.8 Å². The Labute approximate surface area is 152 Å². The Morgan fingerprint density at radius 3 is 2.08 bits per heavy atom. The lowest BCUT2D eigenvalue weighted by Gasteiger charge is -2.14. The largest absolute Gasteiger partial charge is 0.346 e. The Kier molecular flexibility index (Phi) is 5.39. The summed E-state index contributed by atoms with van der Waals surface area (Å²) in [5, 5.41) is 5.76. The van der Waals surface area contributed by atoms with Crippen molar-refractivity contribution in [2.75, 3.05) is 5.32 Å². The number of nitrogens with zero attached hydrogens (tertiary/aromatic N) is 1. The van der Waals surface area contributed by atoms with Crippen LogP contribution in [0.5, 0.6) is 0 Å². The third-order valence-electron chi connectivity index (χ3n) is 3.99. The topological polar surface area (TPSA) is 71.1 Å². The second-order valence-corrected chi connectivity index (χ2v) is 5.87. The minimum Gasteiger partial charge on any atom is -0.346 e. The van der Waals surface area contributed by atoms with Crippen molar-refractivity contribution in [1.29, 1.82) is 0 Å². The molecule has 2 N–H and O–H groups in total. The highest BCUT2D eigenvalue weighted by atomic mass is 16.2. The van der Waals surface area contributed by atoms with Crippen LogP contribution in [0.15, 0.2) is 79.1 Å². The Morgan fingerprint density at radius 2 is 1.42 bits per heavy atom. The summed E-state index contributed by atoms with van der Waals surface area (Å²) < 4.78 is 0. The first kappa shape index (κ1) is 17.4. The maximum Gasteiger partial charge on any atom is 0.255 e. The van der Waals surface area contributed by atoms with Gasteiger partial charge in [-0.1, -0.05) is 30.3 Å². The number of nitrogens with one attached hydrogen (secondary N) is 2. The van der Waals surface area contributed by atoms with Gasteiger partial charge in [-0.3, -0.25) is 14.6 Å².